The van der Waals surface area contributed by atoms with E-state index in [9.17, 15) is 5.11 Å². The van der Waals surface area contributed by atoms with Crippen LogP contribution in [0.3, 0.4) is 0 Å². The van der Waals surface area contributed by atoms with Crippen LogP contribution in [0.25, 0.3) is 0 Å². The Morgan fingerprint density at radius 2 is 2.05 bits per heavy atom. The standard InChI is InChI=1S/C16H26N2O2/c1-11-4-6-14(7-5-11)16(13(3)17)18-8-15(9-19)20-10-12(18)2/h4-7,12-13,15-16,19H,8-10,17H2,1-3H3. The van der Waals surface area contributed by atoms with Gasteiger partial charge in [-0.2, -0.15) is 0 Å². The fraction of sp³-hybridized carbons (Fsp3) is 0.625. The maximum absolute atomic E-state index is 9.34. The first-order chi connectivity index (χ1) is 9.52. The van der Waals surface area contributed by atoms with Gasteiger partial charge in [0.25, 0.3) is 0 Å². The Morgan fingerprint density at radius 3 is 2.60 bits per heavy atom. The van der Waals surface area contributed by atoms with E-state index in [4.69, 9.17) is 10.5 Å². The predicted octanol–water partition coefficient (Wildman–Crippen LogP) is 1.46. The first-order valence-electron chi connectivity index (χ1n) is 7.33. The van der Waals surface area contributed by atoms with Gasteiger partial charge in [-0.3, -0.25) is 4.90 Å². The van der Waals surface area contributed by atoms with Crippen molar-refractivity contribution in [3.05, 3.63) is 35.4 Å². The molecule has 1 fully saturated rings. The van der Waals surface area contributed by atoms with Crippen molar-refractivity contribution in [1.82, 2.24) is 4.90 Å². The molecule has 1 saturated heterocycles. The van der Waals surface area contributed by atoms with Gasteiger partial charge in [-0.05, 0) is 26.3 Å². The summed E-state index contributed by atoms with van der Waals surface area (Å²) in [5.74, 6) is 0. The number of rotatable bonds is 4. The number of hydrogen-bond donors (Lipinski definition) is 2. The van der Waals surface area contributed by atoms with E-state index in [2.05, 4.69) is 43.0 Å². The van der Waals surface area contributed by atoms with Crippen molar-refractivity contribution in [2.45, 2.75) is 45.0 Å². The van der Waals surface area contributed by atoms with Crippen LogP contribution in [0.15, 0.2) is 24.3 Å². The SMILES string of the molecule is Cc1ccc(C(C(C)N)N2CC(CO)OCC2C)cc1. The molecule has 1 heterocycles. The Kier molecular flexibility index (Phi) is 5.16. The lowest BCUT2D eigenvalue weighted by Gasteiger charge is -2.44. The van der Waals surface area contributed by atoms with Crippen LogP contribution in [0.5, 0.6) is 0 Å². The summed E-state index contributed by atoms with van der Waals surface area (Å²) in [5.41, 5.74) is 8.72. The third-order valence-corrected chi connectivity index (χ3v) is 4.03. The van der Waals surface area contributed by atoms with Crippen LogP contribution in [0, 0.1) is 6.92 Å². The average Bonchev–Trinajstić information content (AvgIpc) is 2.43. The van der Waals surface area contributed by atoms with E-state index < -0.39 is 0 Å². The second kappa shape index (κ2) is 6.68. The number of morpholine rings is 1. The van der Waals surface area contributed by atoms with E-state index in [1.54, 1.807) is 0 Å². The molecule has 0 saturated carbocycles. The molecule has 0 aromatic heterocycles. The quantitative estimate of drug-likeness (QED) is 0.875. The number of nitrogens with zero attached hydrogens (tertiary/aromatic N) is 1. The molecule has 0 aliphatic carbocycles. The van der Waals surface area contributed by atoms with Gasteiger partial charge in [0.1, 0.15) is 0 Å². The van der Waals surface area contributed by atoms with Crippen LogP contribution in [0.2, 0.25) is 0 Å². The van der Waals surface area contributed by atoms with Crippen LogP contribution in [0.4, 0.5) is 0 Å². The first kappa shape index (κ1) is 15.4. The van der Waals surface area contributed by atoms with Crippen LogP contribution < -0.4 is 5.73 Å². The maximum atomic E-state index is 9.34. The van der Waals surface area contributed by atoms with E-state index in [0.717, 1.165) is 6.54 Å². The Bertz CT molecular complexity index is 419. The monoisotopic (exact) mass is 278 g/mol. The second-order valence-electron chi connectivity index (χ2n) is 5.90. The van der Waals surface area contributed by atoms with Gasteiger partial charge in [0.15, 0.2) is 0 Å². The summed E-state index contributed by atoms with van der Waals surface area (Å²) in [6.45, 7) is 7.70. The van der Waals surface area contributed by atoms with Gasteiger partial charge in [0.2, 0.25) is 0 Å². The summed E-state index contributed by atoms with van der Waals surface area (Å²) < 4.78 is 5.62. The molecule has 0 bridgehead atoms. The van der Waals surface area contributed by atoms with Crippen molar-refractivity contribution >= 4 is 0 Å². The lowest BCUT2D eigenvalue weighted by Crippen LogP contribution is -2.54. The molecule has 1 aromatic carbocycles. The van der Waals surface area contributed by atoms with Gasteiger partial charge in [-0.15, -0.1) is 0 Å². The first-order valence-corrected chi connectivity index (χ1v) is 7.33. The molecule has 1 aliphatic rings. The highest BCUT2D eigenvalue weighted by Gasteiger charge is 2.33. The lowest BCUT2D eigenvalue weighted by atomic mass is 9.96. The van der Waals surface area contributed by atoms with E-state index in [0.29, 0.717) is 12.6 Å². The average molecular weight is 278 g/mol. The van der Waals surface area contributed by atoms with Crippen LogP contribution in [-0.2, 0) is 4.74 Å². The van der Waals surface area contributed by atoms with Gasteiger partial charge in [0.05, 0.1) is 25.4 Å². The summed E-state index contributed by atoms with van der Waals surface area (Å²) in [6.07, 6.45) is -0.113. The number of aliphatic hydroxyl groups excluding tert-OH is 1. The molecular weight excluding hydrogens is 252 g/mol. The lowest BCUT2D eigenvalue weighted by molar-refractivity contribution is -0.0941. The zero-order valence-electron chi connectivity index (χ0n) is 12.6. The Morgan fingerprint density at radius 1 is 1.40 bits per heavy atom. The predicted molar refractivity (Wildman–Crippen MR) is 80.6 cm³/mol. The van der Waals surface area contributed by atoms with Crippen molar-refractivity contribution in [3.8, 4) is 0 Å². The van der Waals surface area contributed by atoms with Gasteiger partial charge in [-0.25, -0.2) is 0 Å². The Labute approximate surface area is 121 Å². The van der Waals surface area contributed by atoms with Crippen LogP contribution in [0.1, 0.15) is 31.0 Å². The summed E-state index contributed by atoms with van der Waals surface area (Å²) >= 11 is 0. The summed E-state index contributed by atoms with van der Waals surface area (Å²) in [7, 11) is 0. The maximum Gasteiger partial charge on any atom is 0.0933 e. The normalized spacial score (nSPS) is 27.2. The summed E-state index contributed by atoms with van der Waals surface area (Å²) in [4.78, 5) is 2.36. The smallest absolute Gasteiger partial charge is 0.0933 e. The molecule has 2 rings (SSSR count). The van der Waals surface area contributed by atoms with Crippen molar-refractivity contribution in [2.75, 3.05) is 19.8 Å². The van der Waals surface area contributed by atoms with E-state index >= 15 is 0 Å². The zero-order chi connectivity index (χ0) is 14.7. The third-order valence-electron chi connectivity index (χ3n) is 4.03. The third kappa shape index (κ3) is 3.38. The molecule has 1 aromatic rings. The topological polar surface area (TPSA) is 58.7 Å². The molecular formula is C16H26N2O2. The molecule has 4 unspecified atom stereocenters. The number of benzene rings is 1. The van der Waals surface area contributed by atoms with Gasteiger partial charge < -0.3 is 15.6 Å². The van der Waals surface area contributed by atoms with E-state index in [1.807, 2.05) is 6.92 Å². The number of hydrogen-bond acceptors (Lipinski definition) is 4. The second-order valence-corrected chi connectivity index (χ2v) is 5.90. The van der Waals surface area contributed by atoms with Gasteiger partial charge in [-0.1, -0.05) is 29.8 Å². The van der Waals surface area contributed by atoms with Crippen molar-refractivity contribution in [1.29, 1.82) is 0 Å². The molecule has 0 spiro atoms. The van der Waals surface area contributed by atoms with Crippen LogP contribution >= 0.6 is 0 Å². The van der Waals surface area contributed by atoms with Gasteiger partial charge >= 0.3 is 0 Å². The molecule has 0 amide bonds. The highest BCUT2D eigenvalue weighted by molar-refractivity contribution is 5.25. The fourth-order valence-electron chi connectivity index (χ4n) is 2.90. The van der Waals surface area contributed by atoms with Gasteiger partial charge in [0, 0.05) is 18.6 Å². The minimum atomic E-state index is -0.113. The zero-order valence-corrected chi connectivity index (χ0v) is 12.6. The Balaban J connectivity index is 2.25. The number of aryl methyl sites for hydroxylation is 1. The van der Waals surface area contributed by atoms with E-state index in [-0.39, 0.29) is 24.8 Å². The number of aliphatic hydroxyl groups is 1. The molecule has 4 nitrogen and oxygen atoms in total. The molecule has 112 valence electrons. The van der Waals surface area contributed by atoms with E-state index in [1.165, 1.54) is 11.1 Å². The molecule has 1 aliphatic heterocycles. The largest absolute Gasteiger partial charge is 0.394 e. The minimum Gasteiger partial charge on any atom is -0.394 e. The highest BCUT2D eigenvalue weighted by Crippen LogP contribution is 2.28. The summed E-state index contributed by atoms with van der Waals surface area (Å²) in [6, 6.07) is 9.04. The molecule has 4 heteroatoms. The molecule has 20 heavy (non-hydrogen) atoms. The molecule has 0 radical (unpaired) electrons. The van der Waals surface area contributed by atoms with Crippen LogP contribution in [-0.4, -0.2) is 48.0 Å². The van der Waals surface area contributed by atoms with Crippen molar-refractivity contribution in [2.24, 2.45) is 5.73 Å². The minimum absolute atomic E-state index is 0.0256. The molecule has 3 N–H and O–H groups in total. The highest BCUT2D eigenvalue weighted by atomic mass is 16.5. The van der Waals surface area contributed by atoms with Crippen molar-refractivity contribution in [3.63, 3.8) is 0 Å². The number of ether oxygens (including phenoxy) is 1. The molecule has 4 atom stereocenters. The summed E-state index contributed by atoms with van der Waals surface area (Å²) in [5, 5.41) is 9.34. The van der Waals surface area contributed by atoms with Crippen molar-refractivity contribution < 1.29 is 9.84 Å². The number of nitrogens with two attached hydrogens (primary N) is 1. The Hall–Kier alpha value is -0.940. The fourth-order valence-corrected chi connectivity index (χ4v) is 2.90.